The number of nitrogens with zero attached hydrogens (tertiary/aromatic N) is 1. The maximum Gasteiger partial charge on any atom is 1.00 e. The SMILES string of the molecule is C=C(CN1CCCC(CCC)CC1)[B-](F)(F)F.[K+]. The van der Waals surface area contributed by atoms with Gasteiger partial charge in [-0.1, -0.05) is 19.8 Å². The Labute approximate surface area is 151 Å². The molecule has 1 nitrogen and oxygen atoms in total. The van der Waals surface area contributed by atoms with E-state index in [0.717, 1.165) is 32.4 Å². The monoisotopic (exact) mass is 287 g/mol. The first-order valence-electron chi connectivity index (χ1n) is 6.53. The summed E-state index contributed by atoms with van der Waals surface area (Å²) in [7, 11) is 0. The van der Waals surface area contributed by atoms with Gasteiger partial charge in [-0.2, -0.15) is 0 Å². The molecular formula is C12H22BF3KN. The molecule has 1 heterocycles. The smallest absolute Gasteiger partial charge is 0.445 e. The van der Waals surface area contributed by atoms with Crippen LogP contribution in [0.2, 0.25) is 0 Å². The first-order valence-corrected chi connectivity index (χ1v) is 6.53. The van der Waals surface area contributed by atoms with Gasteiger partial charge in [0.25, 0.3) is 0 Å². The van der Waals surface area contributed by atoms with Gasteiger partial charge in [-0.3, -0.25) is 0 Å². The van der Waals surface area contributed by atoms with Crippen molar-refractivity contribution in [2.24, 2.45) is 5.92 Å². The quantitative estimate of drug-likeness (QED) is 0.677. The van der Waals surface area contributed by atoms with Gasteiger partial charge in [0.2, 0.25) is 0 Å². The van der Waals surface area contributed by atoms with E-state index in [2.05, 4.69) is 13.5 Å². The zero-order valence-corrected chi connectivity index (χ0v) is 14.7. The standard InChI is InChI=1S/C12H22BF3N.K/c1-3-5-12-6-4-8-17(9-7-12)10-11(2)13(14,15)16;/h12H,2-10H2,1H3;/q-1;+1. The summed E-state index contributed by atoms with van der Waals surface area (Å²) in [5.41, 5.74) is -0.557. The third kappa shape index (κ3) is 7.10. The summed E-state index contributed by atoms with van der Waals surface area (Å²) in [6.45, 7) is 2.04. The second-order valence-electron chi connectivity index (χ2n) is 5.09. The molecule has 1 unspecified atom stereocenters. The summed E-state index contributed by atoms with van der Waals surface area (Å²) in [4.78, 5) is 1.91. The number of rotatable bonds is 5. The average molecular weight is 287 g/mol. The fourth-order valence-corrected chi connectivity index (χ4v) is 2.47. The van der Waals surface area contributed by atoms with Crippen molar-refractivity contribution in [3.8, 4) is 0 Å². The van der Waals surface area contributed by atoms with Crippen molar-refractivity contribution in [3.05, 3.63) is 12.1 Å². The van der Waals surface area contributed by atoms with Crippen molar-refractivity contribution in [3.63, 3.8) is 0 Å². The molecule has 1 aliphatic heterocycles. The summed E-state index contributed by atoms with van der Waals surface area (Å²) < 4.78 is 37.3. The van der Waals surface area contributed by atoms with Gasteiger partial charge in [0.1, 0.15) is 0 Å². The van der Waals surface area contributed by atoms with Crippen LogP contribution in [0, 0.1) is 5.92 Å². The van der Waals surface area contributed by atoms with E-state index in [1.54, 1.807) is 0 Å². The number of halogens is 3. The van der Waals surface area contributed by atoms with Crippen LogP contribution in [0.1, 0.15) is 39.0 Å². The summed E-state index contributed by atoms with van der Waals surface area (Å²) in [5, 5.41) is 0. The Bertz CT molecular complexity index is 258. The zero-order valence-electron chi connectivity index (χ0n) is 11.6. The molecule has 0 aliphatic carbocycles. The van der Waals surface area contributed by atoms with Crippen LogP contribution in [0.3, 0.4) is 0 Å². The second kappa shape index (κ2) is 9.19. The molecule has 0 amide bonds. The fourth-order valence-electron chi connectivity index (χ4n) is 2.47. The van der Waals surface area contributed by atoms with Crippen LogP contribution < -0.4 is 51.4 Å². The molecule has 1 saturated heterocycles. The van der Waals surface area contributed by atoms with Crippen LogP contribution in [0.5, 0.6) is 0 Å². The van der Waals surface area contributed by atoms with Gasteiger partial charge in [0.15, 0.2) is 0 Å². The molecule has 0 aromatic carbocycles. The van der Waals surface area contributed by atoms with Crippen LogP contribution in [0.15, 0.2) is 12.1 Å². The molecular weight excluding hydrogens is 265 g/mol. The predicted molar refractivity (Wildman–Crippen MR) is 66.9 cm³/mol. The Balaban J connectivity index is 0.00000289. The molecule has 1 rings (SSSR count). The summed E-state index contributed by atoms with van der Waals surface area (Å²) >= 11 is 0. The first kappa shape index (κ1) is 19.2. The minimum absolute atomic E-state index is 0. The predicted octanol–water partition coefficient (Wildman–Crippen LogP) is 0.835. The minimum atomic E-state index is -4.87. The van der Waals surface area contributed by atoms with Gasteiger partial charge in [-0.05, 0) is 44.8 Å². The van der Waals surface area contributed by atoms with Crippen molar-refractivity contribution in [2.75, 3.05) is 19.6 Å². The van der Waals surface area contributed by atoms with Crippen LogP contribution in [0.4, 0.5) is 12.9 Å². The molecule has 1 fully saturated rings. The Morgan fingerprint density at radius 2 is 1.94 bits per heavy atom. The van der Waals surface area contributed by atoms with E-state index in [0.29, 0.717) is 5.92 Å². The van der Waals surface area contributed by atoms with Crippen LogP contribution in [0.25, 0.3) is 0 Å². The average Bonchev–Trinajstić information content (AvgIpc) is 2.43. The fraction of sp³-hybridized carbons (Fsp3) is 0.833. The van der Waals surface area contributed by atoms with E-state index in [1.807, 2.05) is 4.90 Å². The molecule has 0 saturated carbocycles. The van der Waals surface area contributed by atoms with E-state index in [-0.39, 0.29) is 57.9 Å². The van der Waals surface area contributed by atoms with Crippen molar-refractivity contribution in [1.82, 2.24) is 4.90 Å². The Kier molecular flexibility index (Phi) is 9.79. The van der Waals surface area contributed by atoms with Crippen LogP contribution in [-0.2, 0) is 0 Å². The first-order chi connectivity index (χ1) is 7.93. The van der Waals surface area contributed by atoms with E-state index in [4.69, 9.17) is 0 Å². The van der Waals surface area contributed by atoms with Crippen LogP contribution in [-0.4, -0.2) is 31.5 Å². The van der Waals surface area contributed by atoms with Gasteiger partial charge in [0, 0.05) is 0 Å². The van der Waals surface area contributed by atoms with E-state index < -0.39 is 12.4 Å². The molecule has 1 atom stereocenters. The van der Waals surface area contributed by atoms with Crippen molar-refractivity contribution >= 4 is 6.98 Å². The van der Waals surface area contributed by atoms with Gasteiger partial charge < -0.3 is 17.8 Å². The van der Waals surface area contributed by atoms with E-state index in [9.17, 15) is 12.9 Å². The molecule has 0 N–H and O–H groups in total. The summed E-state index contributed by atoms with van der Waals surface area (Å²) in [6.07, 6.45) is 5.59. The Morgan fingerprint density at radius 3 is 2.50 bits per heavy atom. The second-order valence-corrected chi connectivity index (χ2v) is 5.09. The zero-order chi connectivity index (χ0) is 12.9. The van der Waals surface area contributed by atoms with Gasteiger partial charge in [0.05, 0.1) is 0 Å². The number of hydrogen-bond acceptors (Lipinski definition) is 1. The molecule has 1 aliphatic rings. The van der Waals surface area contributed by atoms with E-state index >= 15 is 0 Å². The molecule has 0 radical (unpaired) electrons. The maximum absolute atomic E-state index is 12.4. The Hall–Kier alpha value is 1.19. The van der Waals surface area contributed by atoms with Crippen molar-refractivity contribution in [1.29, 1.82) is 0 Å². The van der Waals surface area contributed by atoms with E-state index in [1.165, 1.54) is 12.8 Å². The van der Waals surface area contributed by atoms with Gasteiger partial charge in [-0.25, -0.2) is 0 Å². The topological polar surface area (TPSA) is 3.24 Å². The molecule has 6 heteroatoms. The van der Waals surface area contributed by atoms with Crippen molar-refractivity contribution < 1.29 is 64.3 Å². The van der Waals surface area contributed by atoms with Crippen molar-refractivity contribution in [2.45, 2.75) is 39.0 Å². The minimum Gasteiger partial charge on any atom is -0.445 e. The Morgan fingerprint density at radius 1 is 1.28 bits per heavy atom. The largest absolute Gasteiger partial charge is 1.00 e. The van der Waals surface area contributed by atoms with Crippen LogP contribution >= 0.6 is 0 Å². The molecule has 100 valence electrons. The molecule has 0 spiro atoms. The van der Waals surface area contributed by atoms with Gasteiger partial charge in [-0.15, -0.1) is 12.1 Å². The van der Waals surface area contributed by atoms with Gasteiger partial charge >= 0.3 is 58.4 Å². The molecule has 18 heavy (non-hydrogen) atoms. The summed E-state index contributed by atoms with van der Waals surface area (Å²) in [5.74, 6) is 0.703. The maximum atomic E-state index is 12.4. The molecule has 0 aromatic heterocycles. The number of likely N-dealkylation sites (tertiary alicyclic amines) is 1. The number of hydrogen-bond donors (Lipinski definition) is 0. The third-order valence-electron chi connectivity index (χ3n) is 3.53. The normalized spacial score (nSPS) is 22.1. The molecule has 0 aromatic rings. The third-order valence-corrected chi connectivity index (χ3v) is 3.53. The summed E-state index contributed by atoms with van der Waals surface area (Å²) in [6, 6.07) is 0. The molecule has 0 bridgehead atoms.